The van der Waals surface area contributed by atoms with E-state index in [1.807, 2.05) is 47.8 Å². The van der Waals surface area contributed by atoms with E-state index in [1.165, 1.54) is 0 Å². The number of likely N-dealkylation sites (N-methyl/N-ethyl adjacent to an activating group) is 1. The Labute approximate surface area is 133 Å². The average Bonchev–Trinajstić information content (AvgIpc) is 3.15. The fourth-order valence-corrected chi connectivity index (χ4v) is 3.10. The van der Waals surface area contributed by atoms with E-state index < -0.39 is 6.10 Å². The number of fused-ring (bicyclic) bond motifs is 1. The molecular formula is C16H19N3O2S. The van der Waals surface area contributed by atoms with Gasteiger partial charge in [0.2, 0.25) is 0 Å². The number of thiazole rings is 1. The third-order valence-corrected chi connectivity index (χ3v) is 4.16. The van der Waals surface area contributed by atoms with Crippen LogP contribution in [0.25, 0.3) is 10.9 Å². The minimum Gasteiger partial charge on any atom is -0.490 e. The van der Waals surface area contributed by atoms with Crippen LogP contribution in [0.15, 0.2) is 42.0 Å². The van der Waals surface area contributed by atoms with Gasteiger partial charge in [-0.2, -0.15) is 0 Å². The summed E-state index contributed by atoms with van der Waals surface area (Å²) in [6, 6.07) is 7.84. The minimum absolute atomic E-state index is 0.270. The molecular weight excluding hydrogens is 298 g/mol. The molecule has 0 amide bonds. The van der Waals surface area contributed by atoms with Crippen LogP contribution in [-0.2, 0) is 6.54 Å². The number of ether oxygens (including phenoxy) is 1. The molecule has 0 aliphatic carbocycles. The van der Waals surface area contributed by atoms with Crippen molar-refractivity contribution in [1.82, 2.24) is 14.9 Å². The van der Waals surface area contributed by atoms with E-state index in [-0.39, 0.29) is 6.61 Å². The van der Waals surface area contributed by atoms with E-state index in [1.54, 1.807) is 17.5 Å². The molecule has 3 aromatic rings. The van der Waals surface area contributed by atoms with Gasteiger partial charge in [-0.05, 0) is 25.2 Å². The van der Waals surface area contributed by atoms with Crippen molar-refractivity contribution in [3.8, 4) is 5.75 Å². The van der Waals surface area contributed by atoms with Crippen molar-refractivity contribution in [3.63, 3.8) is 0 Å². The minimum atomic E-state index is -0.542. The second-order valence-corrected chi connectivity index (χ2v) is 6.26. The number of aliphatic hydroxyl groups excluding tert-OH is 1. The Bertz CT molecular complexity index is 711. The van der Waals surface area contributed by atoms with Gasteiger partial charge >= 0.3 is 0 Å². The lowest BCUT2D eigenvalue weighted by atomic mass is 10.2. The molecule has 3 rings (SSSR count). The summed E-state index contributed by atoms with van der Waals surface area (Å²) in [5, 5.41) is 14.2. The first kappa shape index (κ1) is 15.0. The zero-order valence-electron chi connectivity index (χ0n) is 12.4. The molecule has 2 N–H and O–H groups in total. The zero-order chi connectivity index (χ0) is 15.4. The molecule has 1 aromatic carbocycles. The molecule has 0 aliphatic rings. The molecule has 1 atom stereocenters. The molecule has 0 spiro atoms. The number of H-pyrrole nitrogens is 1. The fourth-order valence-electron chi connectivity index (χ4n) is 2.41. The summed E-state index contributed by atoms with van der Waals surface area (Å²) >= 11 is 1.62. The number of nitrogens with one attached hydrogen (secondary N) is 1. The average molecular weight is 317 g/mol. The number of benzene rings is 1. The van der Waals surface area contributed by atoms with Gasteiger partial charge in [0.1, 0.15) is 23.5 Å². The SMILES string of the molecule is CN(Cc1nccs1)CC(O)COc1cccc2[nH]ccc12. The topological polar surface area (TPSA) is 61.4 Å². The lowest BCUT2D eigenvalue weighted by molar-refractivity contribution is 0.0749. The summed E-state index contributed by atoms with van der Waals surface area (Å²) in [6.07, 6.45) is 3.14. The number of hydrogen-bond acceptors (Lipinski definition) is 5. The monoisotopic (exact) mass is 317 g/mol. The standard InChI is InChI=1S/C16H19N3O2S/c1-19(10-16-18-7-8-22-16)9-12(20)11-21-15-4-2-3-14-13(15)5-6-17-14/h2-8,12,17,20H,9-11H2,1H3. The predicted octanol–water partition coefficient (Wildman–Crippen LogP) is 2.50. The van der Waals surface area contributed by atoms with Crippen LogP contribution in [0.3, 0.4) is 0 Å². The maximum atomic E-state index is 10.1. The highest BCUT2D eigenvalue weighted by Crippen LogP contribution is 2.24. The van der Waals surface area contributed by atoms with Gasteiger partial charge < -0.3 is 14.8 Å². The van der Waals surface area contributed by atoms with E-state index in [9.17, 15) is 5.11 Å². The Balaban J connectivity index is 1.51. The van der Waals surface area contributed by atoms with Gasteiger partial charge in [0.05, 0.1) is 6.54 Å². The molecule has 2 aromatic heterocycles. The first-order valence-electron chi connectivity index (χ1n) is 7.16. The largest absolute Gasteiger partial charge is 0.490 e. The number of hydrogen-bond donors (Lipinski definition) is 2. The maximum absolute atomic E-state index is 10.1. The number of aromatic amines is 1. The second kappa shape index (κ2) is 6.91. The number of aromatic nitrogens is 2. The van der Waals surface area contributed by atoms with Gasteiger partial charge in [-0.15, -0.1) is 11.3 Å². The maximum Gasteiger partial charge on any atom is 0.128 e. The normalized spacial score (nSPS) is 12.9. The van der Waals surface area contributed by atoms with Crippen LogP contribution in [0.2, 0.25) is 0 Å². The Morgan fingerprint density at radius 3 is 3.14 bits per heavy atom. The van der Waals surface area contributed by atoms with Crippen LogP contribution in [0, 0.1) is 0 Å². The summed E-state index contributed by atoms with van der Waals surface area (Å²) in [6.45, 7) is 1.55. The summed E-state index contributed by atoms with van der Waals surface area (Å²) < 4.78 is 5.77. The molecule has 6 heteroatoms. The molecule has 5 nitrogen and oxygen atoms in total. The van der Waals surface area contributed by atoms with Crippen molar-refractivity contribution >= 4 is 22.2 Å². The Morgan fingerprint density at radius 1 is 1.41 bits per heavy atom. The summed E-state index contributed by atoms with van der Waals surface area (Å²) in [5.74, 6) is 0.792. The molecule has 0 radical (unpaired) electrons. The Morgan fingerprint density at radius 2 is 2.32 bits per heavy atom. The first-order chi connectivity index (χ1) is 10.7. The van der Waals surface area contributed by atoms with Crippen LogP contribution in [0.1, 0.15) is 5.01 Å². The lowest BCUT2D eigenvalue weighted by Gasteiger charge is -2.20. The van der Waals surface area contributed by atoms with Gasteiger partial charge in [0, 0.05) is 35.2 Å². The van der Waals surface area contributed by atoms with Crippen molar-refractivity contribution in [2.75, 3.05) is 20.2 Å². The van der Waals surface area contributed by atoms with Gasteiger partial charge in [-0.1, -0.05) is 6.07 Å². The summed E-state index contributed by atoms with van der Waals surface area (Å²) in [7, 11) is 1.97. The van der Waals surface area contributed by atoms with Crippen LogP contribution >= 0.6 is 11.3 Å². The molecule has 116 valence electrons. The van der Waals surface area contributed by atoms with E-state index in [4.69, 9.17) is 4.74 Å². The molecule has 0 aliphatic heterocycles. The van der Waals surface area contributed by atoms with E-state index in [2.05, 4.69) is 9.97 Å². The number of nitrogens with zero attached hydrogens (tertiary/aromatic N) is 2. The first-order valence-corrected chi connectivity index (χ1v) is 8.04. The lowest BCUT2D eigenvalue weighted by Crippen LogP contribution is -2.32. The third kappa shape index (κ3) is 3.65. The van der Waals surface area contributed by atoms with Crippen molar-refractivity contribution in [2.24, 2.45) is 0 Å². The van der Waals surface area contributed by atoms with Crippen LogP contribution < -0.4 is 4.74 Å². The van der Waals surface area contributed by atoms with Crippen molar-refractivity contribution in [3.05, 3.63) is 47.0 Å². The second-order valence-electron chi connectivity index (χ2n) is 5.28. The van der Waals surface area contributed by atoms with Crippen LogP contribution in [0.4, 0.5) is 0 Å². The Hall–Kier alpha value is -1.89. The van der Waals surface area contributed by atoms with Gasteiger partial charge in [-0.3, -0.25) is 4.90 Å². The molecule has 1 unspecified atom stereocenters. The molecule has 22 heavy (non-hydrogen) atoms. The van der Waals surface area contributed by atoms with Crippen LogP contribution in [0.5, 0.6) is 5.75 Å². The van der Waals surface area contributed by atoms with Crippen molar-refractivity contribution in [1.29, 1.82) is 0 Å². The summed E-state index contributed by atoms with van der Waals surface area (Å²) in [4.78, 5) is 9.44. The predicted molar refractivity (Wildman–Crippen MR) is 88.2 cm³/mol. The summed E-state index contributed by atoms with van der Waals surface area (Å²) in [5.41, 5.74) is 1.04. The molecule has 2 heterocycles. The molecule has 0 fully saturated rings. The molecule has 0 bridgehead atoms. The van der Waals surface area contributed by atoms with E-state index >= 15 is 0 Å². The fraction of sp³-hybridized carbons (Fsp3) is 0.312. The number of aliphatic hydroxyl groups is 1. The van der Waals surface area contributed by atoms with Crippen LogP contribution in [-0.4, -0.2) is 46.3 Å². The van der Waals surface area contributed by atoms with Gasteiger partial charge in [0.25, 0.3) is 0 Å². The highest BCUT2D eigenvalue weighted by atomic mass is 32.1. The van der Waals surface area contributed by atoms with E-state index in [0.717, 1.165) is 28.2 Å². The third-order valence-electron chi connectivity index (χ3n) is 3.40. The Kier molecular flexibility index (Phi) is 4.72. The zero-order valence-corrected chi connectivity index (χ0v) is 13.2. The smallest absolute Gasteiger partial charge is 0.128 e. The quantitative estimate of drug-likeness (QED) is 0.703. The highest BCUT2D eigenvalue weighted by Gasteiger charge is 2.11. The highest BCUT2D eigenvalue weighted by molar-refractivity contribution is 7.09. The van der Waals surface area contributed by atoms with E-state index in [0.29, 0.717) is 6.54 Å². The van der Waals surface area contributed by atoms with Gasteiger partial charge in [-0.25, -0.2) is 4.98 Å². The van der Waals surface area contributed by atoms with Crippen molar-refractivity contribution in [2.45, 2.75) is 12.6 Å². The molecule has 0 saturated heterocycles. The van der Waals surface area contributed by atoms with Crippen molar-refractivity contribution < 1.29 is 9.84 Å². The van der Waals surface area contributed by atoms with Gasteiger partial charge in [0.15, 0.2) is 0 Å². The molecule has 0 saturated carbocycles. The number of rotatable bonds is 7.